The van der Waals surface area contributed by atoms with Crippen molar-refractivity contribution in [2.45, 2.75) is 31.2 Å². The molecule has 3 rings (SSSR count). The Kier molecular flexibility index (Phi) is 7.76. The van der Waals surface area contributed by atoms with E-state index in [1.807, 2.05) is 18.1 Å². The Hall–Kier alpha value is -0.860. The van der Waals surface area contributed by atoms with Crippen molar-refractivity contribution in [2.75, 3.05) is 26.2 Å². The first-order valence-corrected chi connectivity index (χ1v) is 7.42. The third kappa shape index (κ3) is 4.58. The van der Waals surface area contributed by atoms with Crippen LogP contribution < -0.4 is 5.73 Å². The van der Waals surface area contributed by atoms with Gasteiger partial charge in [0.2, 0.25) is 0 Å². The molecule has 2 aliphatic rings. The molecule has 3 atom stereocenters. The Morgan fingerprint density at radius 2 is 2.22 bits per heavy atom. The van der Waals surface area contributed by atoms with Crippen molar-refractivity contribution in [1.29, 1.82) is 0 Å². The van der Waals surface area contributed by atoms with Crippen molar-refractivity contribution in [1.82, 2.24) is 14.7 Å². The lowest BCUT2D eigenvalue weighted by Gasteiger charge is -2.34. The minimum atomic E-state index is -0.341. The largest absolute Gasteiger partial charge is 0.370 e. The molecule has 1 aromatic rings. The van der Waals surface area contributed by atoms with E-state index in [4.69, 9.17) is 15.2 Å². The molecule has 1 unspecified atom stereocenters. The average molecular weight is 367 g/mol. The van der Waals surface area contributed by atoms with Crippen molar-refractivity contribution >= 4 is 30.7 Å². The molecular weight excluding hydrogens is 343 g/mol. The van der Waals surface area contributed by atoms with Gasteiger partial charge in [-0.3, -0.25) is 9.48 Å². The fourth-order valence-corrected chi connectivity index (χ4v) is 2.92. The molecular formula is C14H24Cl2N4O3. The molecule has 2 saturated heterocycles. The number of nitrogens with zero attached hydrogens (tertiary/aromatic N) is 3. The van der Waals surface area contributed by atoms with Crippen LogP contribution >= 0.6 is 24.8 Å². The summed E-state index contributed by atoms with van der Waals surface area (Å²) < 4.78 is 13.2. The van der Waals surface area contributed by atoms with E-state index in [2.05, 4.69) is 5.10 Å². The highest BCUT2D eigenvalue weighted by Crippen LogP contribution is 2.25. The second-order valence-electron chi connectivity index (χ2n) is 5.65. The van der Waals surface area contributed by atoms with Gasteiger partial charge in [0, 0.05) is 31.9 Å². The van der Waals surface area contributed by atoms with Crippen LogP contribution in [0, 0.1) is 0 Å². The molecule has 0 saturated carbocycles. The molecule has 23 heavy (non-hydrogen) atoms. The van der Waals surface area contributed by atoms with Crippen molar-refractivity contribution in [2.24, 2.45) is 12.8 Å². The first-order valence-electron chi connectivity index (χ1n) is 7.42. The molecule has 0 spiro atoms. The van der Waals surface area contributed by atoms with Crippen LogP contribution in [0.5, 0.6) is 0 Å². The van der Waals surface area contributed by atoms with E-state index in [-0.39, 0.29) is 49.0 Å². The SMILES string of the molecule is Cl.Cl.Cn1cc(C2CN(C(=O)[C@@H]3CC[C@H](CN)O3)CCO2)cn1. The van der Waals surface area contributed by atoms with Crippen molar-refractivity contribution in [3.8, 4) is 0 Å². The van der Waals surface area contributed by atoms with Gasteiger partial charge in [-0.15, -0.1) is 24.8 Å². The number of aromatic nitrogens is 2. The van der Waals surface area contributed by atoms with Crippen LogP contribution in [0.3, 0.4) is 0 Å². The van der Waals surface area contributed by atoms with Crippen LogP contribution in [-0.4, -0.2) is 59.0 Å². The van der Waals surface area contributed by atoms with Gasteiger partial charge >= 0.3 is 0 Å². The Morgan fingerprint density at radius 3 is 2.83 bits per heavy atom. The quantitative estimate of drug-likeness (QED) is 0.849. The number of carbonyl (C=O) groups is 1. The number of ether oxygens (including phenoxy) is 2. The predicted octanol–water partition coefficient (Wildman–Crippen LogP) is 0.670. The Labute approximate surface area is 148 Å². The van der Waals surface area contributed by atoms with Gasteiger partial charge in [0.15, 0.2) is 0 Å². The van der Waals surface area contributed by atoms with E-state index in [1.54, 1.807) is 10.9 Å². The van der Waals surface area contributed by atoms with Gasteiger partial charge in [-0.05, 0) is 12.8 Å². The smallest absolute Gasteiger partial charge is 0.251 e. The highest BCUT2D eigenvalue weighted by Gasteiger charge is 2.35. The molecule has 1 amide bonds. The molecule has 0 radical (unpaired) electrons. The summed E-state index contributed by atoms with van der Waals surface area (Å²) in [7, 11) is 1.87. The summed E-state index contributed by atoms with van der Waals surface area (Å²) in [5, 5.41) is 4.15. The molecule has 0 bridgehead atoms. The van der Waals surface area contributed by atoms with Crippen LogP contribution in [0.4, 0.5) is 0 Å². The zero-order chi connectivity index (χ0) is 14.8. The summed E-state index contributed by atoms with van der Waals surface area (Å²) >= 11 is 0. The molecule has 3 heterocycles. The number of nitrogens with two attached hydrogens (primary N) is 1. The maximum absolute atomic E-state index is 12.5. The van der Waals surface area contributed by atoms with Crippen LogP contribution in [0.25, 0.3) is 0 Å². The van der Waals surface area contributed by atoms with E-state index in [0.29, 0.717) is 26.2 Å². The van der Waals surface area contributed by atoms with Gasteiger partial charge in [-0.2, -0.15) is 5.10 Å². The summed E-state index contributed by atoms with van der Waals surface area (Å²) in [6.45, 7) is 2.18. The molecule has 2 N–H and O–H groups in total. The van der Waals surface area contributed by atoms with Gasteiger partial charge in [0.1, 0.15) is 12.2 Å². The zero-order valence-electron chi connectivity index (χ0n) is 13.1. The molecule has 1 aromatic heterocycles. The zero-order valence-corrected chi connectivity index (χ0v) is 14.7. The van der Waals surface area contributed by atoms with Crippen molar-refractivity contribution in [3.05, 3.63) is 18.0 Å². The lowest BCUT2D eigenvalue weighted by molar-refractivity contribution is -0.150. The number of halogens is 2. The van der Waals surface area contributed by atoms with Crippen LogP contribution in [0.2, 0.25) is 0 Å². The molecule has 2 aliphatic heterocycles. The van der Waals surface area contributed by atoms with Gasteiger partial charge in [-0.25, -0.2) is 0 Å². The minimum absolute atomic E-state index is 0. The molecule has 0 aliphatic carbocycles. The minimum Gasteiger partial charge on any atom is -0.370 e. The Morgan fingerprint density at radius 1 is 1.43 bits per heavy atom. The number of amides is 1. The maximum atomic E-state index is 12.5. The highest BCUT2D eigenvalue weighted by atomic mass is 35.5. The first kappa shape index (κ1) is 20.2. The molecule has 2 fully saturated rings. The van der Waals surface area contributed by atoms with Crippen LogP contribution in [0.1, 0.15) is 24.5 Å². The lowest BCUT2D eigenvalue weighted by Crippen LogP contribution is -2.46. The second-order valence-corrected chi connectivity index (χ2v) is 5.65. The van der Waals surface area contributed by atoms with Crippen molar-refractivity contribution in [3.63, 3.8) is 0 Å². The summed E-state index contributed by atoms with van der Waals surface area (Å²) in [5.41, 5.74) is 6.60. The molecule has 7 nitrogen and oxygen atoms in total. The summed E-state index contributed by atoms with van der Waals surface area (Å²) in [5.74, 6) is 0.0585. The van der Waals surface area contributed by atoms with E-state index >= 15 is 0 Å². The fourth-order valence-electron chi connectivity index (χ4n) is 2.92. The normalized spacial score (nSPS) is 27.2. The van der Waals surface area contributed by atoms with Crippen LogP contribution in [0.15, 0.2) is 12.4 Å². The molecule has 0 aromatic carbocycles. The number of hydrogen-bond donors (Lipinski definition) is 1. The van der Waals surface area contributed by atoms with Crippen molar-refractivity contribution < 1.29 is 14.3 Å². The fraction of sp³-hybridized carbons (Fsp3) is 0.714. The first-order chi connectivity index (χ1) is 10.2. The Bertz CT molecular complexity index is 514. The van der Waals surface area contributed by atoms with E-state index < -0.39 is 0 Å². The van der Waals surface area contributed by atoms with Gasteiger partial charge in [0.25, 0.3) is 5.91 Å². The second kappa shape index (κ2) is 8.84. The summed E-state index contributed by atoms with van der Waals surface area (Å²) in [6, 6.07) is 0. The lowest BCUT2D eigenvalue weighted by atomic mass is 10.1. The van der Waals surface area contributed by atoms with Gasteiger partial charge in [-0.1, -0.05) is 0 Å². The number of carbonyl (C=O) groups excluding carboxylic acids is 1. The third-order valence-corrected chi connectivity index (χ3v) is 4.12. The third-order valence-electron chi connectivity index (χ3n) is 4.12. The van der Waals surface area contributed by atoms with E-state index in [1.165, 1.54) is 0 Å². The predicted molar refractivity (Wildman–Crippen MR) is 89.9 cm³/mol. The number of morpholine rings is 1. The van der Waals surface area contributed by atoms with E-state index in [9.17, 15) is 4.79 Å². The van der Waals surface area contributed by atoms with E-state index in [0.717, 1.165) is 18.4 Å². The van der Waals surface area contributed by atoms with Gasteiger partial charge in [0.05, 0.1) is 25.5 Å². The number of hydrogen-bond acceptors (Lipinski definition) is 5. The average Bonchev–Trinajstić information content (AvgIpc) is 3.15. The summed E-state index contributed by atoms with van der Waals surface area (Å²) in [4.78, 5) is 14.4. The summed E-state index contributed by atoms with van der Waals surface area (Å²) in [6.07, 6.45) is 4.91. The van der Waals surface area contributed by atoms with Crippen LogP contribution in [-0.2, 0) is 21.3 Å². The topological polar surface area (TPSA) is 82.6 Å². The number of rotatable bonds is 3. The maximum Gasteiger partial charge on any atom is 0.251 e. The number of aryl methyl sites for hydroxylation is 1. The standard InChI is InChI=1S/C14H22N4O3.2ClH/c1-17-8-10(7-16-17)13-9-18(4-5-20-13)14(19)12-3-2-11(6-15)21-12;;/h7-8,11-13H,2-6,9,15H2,1H3;2*1H/t11-,12+,13?;;/m1../s1. The monoisotopic (exact) mass is 366 g/mol. The Balaban J connectivity index is 0.00000132. The highest BCUT2D eigenvalue weighted by molar-refractivity contribution is 5.85. The van der Waals surface area contributed by atoms with Gasteiger partial charge < -0.3 is 20.1 Å². The molecule has 9 heteroatoms. The molecule has 132 valence electrons.